The Morgan fingerprint density at radius 3 is 2.62 bits per heavy atom. The molecule has 2 aromatic carbocycles. The van der Waals surface area contributed by atoms with Crippen LogP contribution < -0.4 is 4.90 Å². The summed E-state index contributed by atoms with van der Waals surface area (Å²) >= 11 is 6.25. The number of benzene rings is 2. The van der Waals surface area contributed by atoms with Gasteiger partial charge < -0.3 is 9.80 Å². The molecule has 0 atom stereocenters. The Hall–Kier alpha value is -2.99. The van der Waals surface area contributed by atoms with E-state index in [2.05, 4.69) is 9.88 Å². The molecule has 0 saturated carbocycles. The monoisotopic (exact) mass is 452 g/mol. The van der Waals surface area contributed by atoms with Crippen molar-refractivity contribution in [1.82, 2.24) is 14.9 Å². The van der Waals surface area contributed by atoms with E-state index in [0.29, 0.717) is 42.5 Å². The second-order valence-electron chi connectivity index (χ2n) is 8.08. The highest BCUT2D eigenvalue weighted by molar-refractivity contribution is 6.33. The first-order chi connectivity index (χ1) is 15.4. The first-order valence-electron chi connectivity index (χ1n) is 10.8. The highest BCUT2D eigenvalue weighted by atomic mass is 35.5. The molecule has 0 aliphatic carbocycles. The van der Waals surface area contributed by atoms with Crippen molar-refractivity contribution in [3.63, 3.8) is 0 Å². The first-order valence-corrected chi connectivity index (χ1v) is 11.2. The van der Waals surface area contributed by atoms with Gasteiger partial charge in [0.25, 0.3) is 5.91 Å². The van der Waals surface area contributed by atoms with Crippen LogP contribution in [0, 0.1) is 19.7 Å². The highest BCUT2D eigenvalue weighted by Gasteiger charge is 2.24. The van der Waals surface area contributed by atoms with Gasteiger partial charge in [-0.25, -0.2) is 14.4 Å². The van der Waals surface area contributed by atoms with Crippen LogP contribution in [0.1, 0.15) is 39.4 Å². The van der Waals surface area contributed by atoms with Crippen LogP contribution in [0.5, 0.6) is 0 Å². The van der Waals surface area contributed by atoms with Gasteiger partial charge in [-0.3, -0.25) is 4.79 Å². The second kappa shape index (κ2) is 9.65. The fourth-order valence-corrected chi connectivity index (χ4v) is 4.39. The number of nitrogens with zero attached hydrogens (tertiary/aromatic N) is 4. The summed E-state index contributed by atoms with van der Waals surface area (Å²) in [5.74, 6) is 1.27. The third-order valence-electron chi connectivity index (χ3n) is 5.76. The van der Waals surface area contributed by atoms with Crippen LogP contribution in [0.25, 0.3) is 0 Å². The SMILES string of the molecule is Cc1nc(C)c(Cc2cccc(F)c2)c(N2CCCN(C(=O)c3ccccc3Cl)CC2)n1. The minimum atomic E-state index is -0.252. The summed E-state index contributed by atoms with van der Waals surface area (Å²) in [5.41, 5.74) is 3.30. The van der Waals surface area contributed by atoms with Crippen LogP contribution in [0.3, 0.4) is 0 Å². The number of hydrogen-bond acceptors (Lipinski definition) is 4. The van der Waals surface area contributed by atoms with E-state index in [1.54, 1.807) is 24.3 Å². The number of rotatable bonds is 4. The summed E-state index contributed by atoms with van der Waals surface area (Å²) in [6.07, 6.45) is 1.37. The Morgan fingerprint density at radius 2 is 1.84 bits per heavy atom. The molecule has 0 radical (unpaired) electrons. The maximum atomic E-state index is 13.7. The van der Waals surface area contributed by atoms with Gasteiger partial charge in [-0.2, -0.15) is 0 Å². The van der Waals surface area contributed by atoms with Gasteiger partial charge in [0.2, 0.25) is 0 Å². The van der Waals surface area contributed by atoms with Crippen molar-refractivity contribution in [3.8, 4) is 0 Å². The third-order valence-corrected chi connectivity index (χ3v) is 6.09. The number of hydrogen-bond donors (Lipinski definition) is 0. The lowest BCUT2D eigenvalue weighted by Gasteiger charge is -2.26. The molecule has 166 valence electrons. The largest absolute Gasteiger partial charge is 0.354 e. The summed E-state index contributed by atoms with van der Waals surface area (Å²) in [5, 5.41) is 0.470. The zero-order chi connectivity index (χ0) is 22.7. The lowest BCUT2D eigenvalue weighted by atomic mass is 10.0. The summed E-state index contributed by atoms with van der Waals surface area (Å²) in [6, 6.07) is 13.8. The molecular weight excluding hydrogens is 427 g/mol. The van der Waals surface area contributed by atoms with Gasteiger partial charge in [0.15, 0.2) is 0 Å². The molecule has 5 nitrogen and oxygen atoms in total. The number of aromatic nitrogens is 2. The molecule has 3 aromatic rings. The maximum absolute atomic E-state index is 13.7. The first kappa shape index (κ1) is 22.2. The molecule has 1 aliphatic rings. The van der Waals surface area contributed by atoms with Gasteiger partial charge in [-0.05, 0) is 50.1 Å². The van der Waals surface area contributed by atoms with Crippen LogP contribution >= 0.6 is 11.6 Å². The fourth-order valence-electron chi connectivity index (χ4n) is 4.17. The average Bonchev–Trinajstić information content (AvgIpc) is 3.02. The van der Waals surface area contributed by atoms with Crippen LogP contribution in [0.15, 0.2) is 48.5 Å². The molecule has 1 fully saturated rings. The van der Waals surface area contributed by atoms with E-state index in [-0.39, 0.29) is 11.7 Å². The van der Waals surface area contributed by atoms with Crippen molar-refractivity contribution < 1.29 is 9.18 Å². The average molecular weight is 453 g/mol. The quantitative estimate of drug-likeness (QED) is 0.569. The molecule has 0 N–H and O–H groups in total. The molecule has 32 heavy (non-hydrogen) atoms. The van der Waals surface area contributed by atoms with Crippen LogP contribution in [0.2, 0.25) is 5.02 Å². The molecular formula is C25H26ClFN4O. The van der Waals surface area contributed by atoms with Crippen molar-refractivity contribution in [2.75, 3.05) is 31.1 Å². The topological polar surface area (TPSA) is 49.3 Å². The summed E-state index contributed by atoms with van der Waals surface area (Å²) in [4.78, 5) is 26.4. The lowest BCUT2D eigenvalue weighted by molar-refractivity contribution is 0.0767. The van der Waals surface area contributed by atoms with Crippen LogP contribution in [0.4, 0.5) is 10.2 Å². The Balaban J connectivity index is 1.57. The lowest BCUT2D eigenvalue weighted by Crippen LogP contribution is -2.36. The molecule has 1 aliphatic heterocycles. The predicted octanol–water partition coefficient (Wildman–Crippen LogP) is 4.83. The van der Waals surface area contributed by atoms with E-state index in [0.717, 1.165) is 35.6 Å². The second-order valence-corrected chi connectivity index (χ2v) is 8.48. The van der Waals surface area contributed by atoms with Gasteiger partial charge in [-0.15, -0.1) is 0 Å². The number of aryl methyl sites for hydroxylation is 2. The highest BCUT2D eigenvalue weighted by Crippen LogP contribution is 2.26. The summed E-state index contributed by atoms with van der Waals surface area (Å²) < 4.78 is 13.7. The van der Waals surface area contributed by atoms with Gasteiger partial charge in [-0.1, -0.05) is 35.9 Å². The van der Waals surface area contributed by atoms with Gasteiger partial charge >= 0.3 is 0 Å². The molecule has 4 rings (SSSR count). The normalized spacial score (nSPS) is 14.4. The van der Waals surface area contributed by atoms with E-state index in [4.69, 9.17) is 16.6 Å². The molecule has 2 heterocycles. The maximum Gasteiger partial charge on any atom is 0.255 e. The van der Waals surface area contributed by atoms with Gasteiger partial charge in [0, 0.05) is 43.9 Å². The van der Waals surface area contributed by atoms with Gasteiger partial charge in [0.05, 0.1) is 10.6 Å². The number of carbonyl (C=O) groups is 1. The number of carbonyl (C=O) groups excluding carboxylic acids is 1. The number of amides is 1. The van der Waals surface area contributed by atoms with E-state index in [1.165, 1.54) is 6.07 Å². The van der Waals surface area contributed by atoms with E-state index < -0.39 is 0 Å². The fraction of sp³-hybridized carbons (Fsp3) is 0.320. The molecule has 1 saturated heterocycles. The van der Waals surface area contributed by atoms with Crippen molar-refractivity contribution >= 4 is 23.3 Å². The summed E-state index contributed by atoms with van der Waals surface area (Å²) in [7, 11) is 0. The van der Waals surface area contributed by atoms with E-state index >= 15 is 0 Å². The van der Waals surface area contributed by atoms with Crippen molar-refractivity contribution in [1.29, 1.82) is 0 Å². The Bertz CT molecular complexity index is 1140. The molecule has 0 spiro atoms. The van der Waals surface area contributed by atoms with E-state index in [1.807, 2.05) is 36.9 Å². The molecule has 1 amide bonds. The Labute approximate surface area is 192 Å². The van der Waals surface area contributed by atoms with Crippen molar-refractivity contribution in [3.05, 3.63) is 87.6 Å². The third kappa shape index (κ3) is 4.91. The molecule has 7 heteroatoms. The smallest absolute Gasteiger partial charge is 0.255 e. The van der Waals surface area contributed by atoms with Gasteiger partial charge in [0.1, 0.15) is 17.5 Å². The predicted molar refractivity (Wildman–Crippen MR) is 125 cm³/mol. The number of halogens is 2. The summed E-state index contributed by atoms with van der Waals surface area (Å²) in [6.45, 7) is 6.51. The molecule has 0 bridgehead atoms. The van der Waals surface area contributed by atoms with Crippen LogP contribution in [-0.4, -0.2) is 47.0 Å². The zero-order valence-electron chi connectivity index (χ0n) is 18.3. The standard InChI is InChI=1S/C25H26ClFN4O/c1-17-22(16-19-7-5-8-20(27)15-19)24(29-18(2)28-17)30-11-6-12-31(14-13-30)25(32)21-9-3-4-10-23(21)26/h3-5,7-10,15H,6,11-14,16H2,1-2H3. The Kier molecular flexibility index (Phi) is 6.70. The minimum absolute atomic E-state index is 0.0486. The molecule has 1 aromatic heterocycles. The Morgan fingerprint density at radius 1 is 1.03 bits per heavy atom. The molecule has 0 unspecified atom stereocenters. The van der Waals surface area contributed by atoms with Crippen LogP contribution in [-0.2, 0) is 6.42 Å². The van der Waals surface area contributed by atoms with Crippen molar-refractivity contribution in [2.24, 2.45) is 0 Å². The number of anilines is 1. The van der Waals surface area contributed by atoms with Crippen molar-refractivity contribution in [2.45, 2.75) is 26.7 Å². The van der Waals surface area contributed by atoms with E-state index in [9.17, 15) is 9.18 Å². The minimum Gasteiger partial charge on any atom is -0.354 e. The zero-order valence-corrected chi connectivity index (χ0v) is 19.1.